The number of hydrogen-bond acceptors (Lipinski definition) is 4. The molecule has 1 atom stereocenters. The van der Waals surface area contributed by atoms with E-state index in [0.29, 0.717) is 9.90 Å². The molecule has 6 nitrogen and oxygen atoms in total. The summed E-state index contributed by atoms with van der Waals surface area (Å²) in [6.45, 7) is 3.50. The van der Waals surface area contributed by atoms with Gasteiger partial charge in [0.1, 0.15) is 11.9 Å². The van der Waals surface area contributed by atoms with Crippen LogP contribution in [-0.2, 0) is 16.0 Å². The Hall–Kier alpha value is -3.23. The molecule has 0 bridgehead atoms. The summed E-state index contributed by atoms with van der Waals surface area (Å²) in [5.74, 6) is -2.75. The van der Waals surface area contributed by atoms with E-state index in [0.717, 1.165) is 16.0 Å². The summed E-state index contributed by atoms with van der Waals surface area (Å²) >= 11 is 7.21. The normalized spacial score (nSPS) is 12.2. The fourth-order valence-corrected chi connectivity index (χ4v) is 5.08. The topological polar surface area (TPSA) is 101 Å². The highest BCUT2D eigenvalue weighted by Crippen LogP contribution is 2.33. The minimum Gasteiger partial charge on any atom is -0.480 e. The first kappa shape index (κ1) is 26.4. The van der Waals surface area contributed by atoms with Gasteiger partial charge in [-0.05, 0) is 74.2 Å². The molecule has 0 saturated heterocycles. The van der Waals surface area contributed by atoms with Crippen LogP contribution < -0.4 is 5.73 Å². The summed E-state index contributed by atoms with van der Waals surface area (Å²) in [5.41, 5.74) is 5.90. The number of carbonyl (C=O) groups excluding carboxylic acids is 2. The SMILES string of the molecule is CC(C)(Cc1ccc(F)cc1)N(C(=O)c1ccc(-c2ccc(Cl)cc2)s1)[C@@H](CCC(N)=O)C(=O)O. The van der Waals surface area contributed by atoms with Crippen molar-refractivity contribution >= 4 is 40.7 Å². The van der Waals surface area contributed by atoms with Crippen molar-refractivity contribution in [2.24, 2.45) is 5.73 Å². The maximum Gasteiger partial charge on any atom is 0.326 e. The second kappa shape index (κ2) is 11.0. The predicted molar refractivity (Wildman–Crippen MR) is 135 cm³/mol. The Balaban J connectivity index is 2.00. The lowest BCUT2D eigenvalue weighted by atomic mass is 9.90. The average molecular weight is 517 g/mol. The molecule has 1 aromatic heterocycles. The zero-order valence-electron chi connectivity index (χ0n) is 19.3. The second-order valence-corrected chi connectivity index (χ2v) is 10.3. The smallest absolute Gasteiger partial charge is 0.326 e. The van der Waals surface area contributed by atoms with Crippen LogP contribution in [0, 0.1) is 5.82 Å². The number of nitrogens with two attached hydrogens (primary N) is 1. The summed E-state index contributed by atoms with van der Waals surface area (Å²) in [6, 6.07) is 15.2. The van der Waals surface area contributed by atoms with Crippen LogP contribution in [0.25, 0.3) is 10.4 Å². The number of hydrogen-bond donors (Lipinski definition) is 2. The van der Waals surface area contributed by atoms with Crippen molar-refractivity contribution in [1.29, 1.82) is 0 Å². The monoisotopic (exact) mass is 516 g/mol. The first-order chi connectivity index (χ1) is 16.5. The van der Waals surface area contributed by atoms with E-state index in [1.165, 1.54) is 28.4 Å². The number of thiophene rings is 1. The third-order valence-electron chi connectivity index (χ3n) is 5.63. The van der Waals surface area contributed by atoms with Crippen molar-refractivity contribution in [2.45, 2.75) is 44.7 Å². The summed E-state index contributed by atoms with van der Waals surface area (Å²) in [5, 5.41) is 10.6. The molecule has 0 unspecified atom stereocenters. The Morgan fingerprint density at radius 2 is 1.69 bits per heavy atom. The highest BCUT2D eigenvalue weighted by molar-refractivity contribution is 7.17. The molecule has 0 saturated carbocycles. The molecule has 9 heteroatoms. The molecule has 2 amide bonds. The summed E-state index contributed by atoms with van der Waals surface area (Å²) in [4.78, 5) is 40.0. The van der Waals surface area contributed by atoms with E-state index in [1.54, 1.807) is 50.2 Å². The third kappa shape index (κ3) is 6.68. The highest BCUT2D eigenvalue weighted by Gasteiger charge is 2.41. The van der Waals surface area contributed by atoms with Crippen LogP contribution in [-0.4, -0.2) is 39.4 Å². The van der Waals surface area contributed by atoms with E-state index < -0.39 is 35.2 Å². The zero-order chi connectivity index (χ0) is 25.8. The highest BCUT2D eigenvalue weighted by atomic mass is 35.5. The molecule has 0 radical (unpaired) electrons. The first-order valence-corrected chi connectivity index (χ1v) is 12.1. The van der Waals surface area contributed by atoms with Gasteiger partial charge in [-0.2, -0.15) is 0 Å². The van der Waals surface area contributed by atoms with E-state index in [1.807, 2.05) is 12.1 Å². The van der Waals surface area contributed by atoms with Crippen molar-refractivity contribution in [3.8, 4) is 10.4 Å². The first-order valence-electron chi connectivity index (χ1n) is 10.9. The molecule has 0 fully saturated rings. The van der Waals surface area contributed by atoms with E-state index in [-0.39, 0.29) is 19.3 Å². The van der Waals surface area contributed by atoms with Gasteiger partial charge in [0.05, 0.1) is 4.88 Å². The molecule has 0 aliphatic heterocycles. The predicted octanol–water partition coefficient (Wildman–Crippen LogP) is 5.39. The molecule has 184 valence electrons. The van der Waals surface area contributed by atoms with Gasteiger partial charge in [0.15, 0.2) is 0 Å². The van der Waals surface area contributed by atoms with Gasteiger partial charge in [0, 0.05) is 21.9 Å². The fraction of sp³-hybridized carbons (Fsp3) is 0.269. The minimum absolute atomic E-state index is 0.126. The van der Waals surface area contributed by atoms with Gasteiger partial charge in [0.2, 0.25) is 5.91 Å². The number of carboxylic acid groups (broad SMARTS) is 1. The molecule has 2 aromatic carbocycles. The number of carboxylic acids is 1. The minimum atomic E-state index is -1.29. The molecular formula is C26H26ClFN2O4S. The van der Waals surface area contributed by atoms with Gasteiger partial charge < -0.3 is 15.7 Å². The quantitative estimate of drug-likeness (QED) is 0.377. The Kier molecular flexibility index (Phi) is 8.30. The maximum atomic E-state index is 13.8. The summed E-state index contributed by atoms with van der Waals surface area (Å²) in [6.07, 6.45) is -0.0404. The van der Waals surface area contributed by atoms with Gasteiger partial charge in [0.25, 0.3) is 5.91 Å². The van der Waals surface area contributed by atoms with E-state index in [9.17, 15) is 23.9 Å². The molecular weight excluding hydrogens is 491 g/mol. The van der Waals surface area contributed by atoms with Crippen molar-refractivity contribution in [3.63, 3.8) is 0 Å². The van der Waals surface area contributed by atoms with Crippen LogP contribution >= 0.6 is 22.9 Å². The molecule has 35 heavy (non-hydrogen) atoms. The number of nitrogens with zero attached hydrogens (tertiary/aromatic N) is 1. The number of rotatable bonds is 10. The molecule has 3 aromatic rings. The Bertz CT molecular complexity index is 1210. The van der Waals surface area contributed by atoms with Gasteiger partial charge in [-0.1, -0.05) is 35.9 Å². The summed E-state index contributed by atoms with van der Waals surface area (Å²) in [7, 11) is 0. The molecule has 1 heterocycles. The number of primary amides is 1. The Morgan fingerprint density at radius 3 is 2.26 bits per heavy atom. The lowest BCUT2D eigenvalue weighted by Crippen LogP contribution is -2.57. The van der Waals surface area contributed by atoms with Gasteiger partial charge in [-0.3, -0.25) is 9.59 Å². The van der Waals surface area contributed by atoms with Gasteiger partial charge in [-0.15, -0.1) is 11.3 Å². The fourth-order valence-electron chi connectivity index (χ4n) is 4.01. The van der Waals surface area contributed by atoms with Crippen molar-refractivity contribution in [3.05, 3.63) is 81.9 Å². The molecule has 0 aliphatic carbocycles. The lowest BCUT2D eigenvalue weighted by molar-refractivity contribution is -0.144. The Labute approximate surface area is 212 Å². The third-order valence-corrected chi connectivity index (χ3v) is 7.00. The molecule has 0 aliphatic rings. The molecule has 3 rings (SSSR count). The van der Waals surface area contributed by atoms with Crippen LogP contribution in [0.5, 0.6) is 0 Å². The van der Waals surface area contributed by atoms with Gasteiger partial charge in [-0.25, -0.2) is 9.18 Å². The summed E-state index contributed by atoms with van der Waals surface area (Å²) < 4.78 is 13.4. The standard InChI is InChI=1S/C26H26ClFN2O4S/c1-26(2,15-16-3-9-19(28)10-4-16)30(20(25(33)34)11-14-23(29)31)24(32)22-13-12-21(35-22)17-5-7-18(27)8-6-17/h3-10,12-13,20H,11,14-15H2,1-2H3,(H2,29,31)(H,33,34)/t20-/m0/s1. The molecule has 0 spiro atoms. The van der Waals surface area contributed by atoms with E-state index in [2.05, 4.69) is 0 Å². The van der Waals surface area contributed by atoms with Crippen LogP contribution in [0.15, 0.2) is 60.7 Å². The van der Waals surface area contributed by atoms with Crippen molar-refractivity contribution < 1.29 is 23.9 Å². The largest absolute Gasteiger partial charge is 0.480 e. The maximum absolute atomic E-state index is 13.8. The van der Waals surface area contributed by atoms with Gasteiger partial charge >= 0.3 is 5.97 Å². The number of aliphatic carboxylic acids is 1. The van der Waals surface area contributed by atoms with E-state index in [4.69, 9.17) is 17.3 Å². The van der Waals surface area contributed by atoms with Crippen LogP contribution in [0.1, 0.15) is 41.9 Å². The average Bonchev–Trinajstić information content (AvgIpc) is 3.28. The number of halogens is 2. The number of amides is 2. The van der Waals surface area contributed by atoms with Crippen LogP contribution in [0.2, 0.25) is 5.02 Å². The van der Waals surface area contributed by atoms with E-state index >= 15 is 0 Å². The van der Waals surface area contributed by atoms with Crippen molar-refractivity contribution in [2.75, 3.05) is 0 Å². The van der Waals surface area contributed by atoms with Crippen LogP contribution in [0.4, 0.5) is 4.39 Å². The lowest BCUT2D eigenvalue weighted by Gasteiger charge is -2.42. The number of carbonyl (C=O) groups is 3. The van der Waals surface area contributed by atoms with Crippen LogP contribution in [0.3, 0.4) is 0 Å². The number of benzene rings is 2. The zero-order valence-corrected chi connectivity index (χ0v) is 20.9. The second-order valence-electron chi connectivity index (χ2n) is 8.82. The Morgan fingerprint density at radius 1 is 1.06 bits per heavy atom. The molecule has 3 N–H and O–H groups in total. The van der Waals surface area contributed by atoms with Crippen molar-refractivity contribution in [1.82, 2.24) is 4.90 Å².